The zero-order chi connectivity index (χ0) is 13.7. The Balaban J connectivity index is 1.97. The number of para-hydroxylation sites is 1. The molecular weight excluding hydrogens is 240 g/mol. The van der Waals surface area contributed by atoms with Gasteiger partial charge in [-0.1, -0.05) is 18.2 Å². The number of hydrogen-bond donors (Lipinski definition) is 0. The molecule has 0 saturated heterocycles. The number of aryl methyl sites for hydroxylation is 1. The predicted octanol–water partition coefficient (Wildman–Crippen LogP) is 3.81. The number of ether oxygens (including phenoxy) is 3. The van der Waals surface area contributed by atoms with Gasteiger partial charge in [0.15, 0.2) is 0 Å². The SMILES string of the molecule is COc1ccc(OC(C)Oc2ccccc2C)cc1. The maximum Gasteiger partial charge on any atom is 0.238 e. The molecule has 100 valence electrons. The van der Waals surface area contributed by atoms with E-state index in [2.05, 4.69) is 0 Å². The summed E-state index contributed by atoms with van der Waals surface area (Å²) < 4.78 is 16.5. The van der Waals surface area contributed by atoms with E-state index in [1.54, 1.807) is 7.11 Å². The lowest BCUT2D eigenvalue weighted by Crippen LogP contribution is -2.19. The Morgan fingerprint density at radius 1 is 0.842 bits per heavy atom. The summed E-state index contributed by atoms with van der Waals surface area (Å²) in [5, 5.41) is 0. The quantitative estimate of drug-likeness (QED) is 0.763. The number of hydrogen-bond acceptors (Lipinski definition) is 3. The van der Waals surface area contributed by atoms with E-state index in [4.69, 9.17) is 14.2 Å². The van der Waals surface area contributed by atoms with Crippen LogP contribution >= 0.6 is 0 Å². The summed E-state index contributed by atoms with van der Waals surface area (Å²) in [5.74, 6) is 2.39. The van der Waals surface area contributed by atoms with E-state index in [1.165, 1.54) is 0 Å². The second-order valence-electron chi connectivity index (χ2n) is 4.24. The Bertz CT molecular complexity index is 520. The molecule has 2 aromatic carbocycles. The van der Waals surface area contributed by atoms with E-state index in [0.717, 1.165) is 22.8 Å². The highest BCUT2D eigenvalue weighted by molar-refractivity contribution is 5.33. The molecule has 1 atom stereocenters. The van der Waals surface area contributed by atoms with Crippen molar-refractivity contribution in [3.05, 3.63) is 54.1 Å². The van der Waals surface area contributed by atoms with Crippen molar-refractivity contribution in [1.82, 2.24) is 0 Å². The van der Waals surface area contributed by atoms with Gasteiger partial charge in [-0.2, -0.15) is 0 Å². The summed E-state index contributed by atoms with van der Waals surface area (Å²) >= 11 is 0. The predicted molar refractivity (Wildman–Crippen MR) is 74.9 cm³/mol. The van der Waals surface area contributed by atoms with Gasteiger partial charge in [0.05, 0.1) is 7.11 Å². The molecule has 0 aliphatic rings. The van der Waals surface area contributed by atoms with Gasteiger partial charge in [0.2, 0.25) is 6.29 Å². The molecule has 0 bridgehead atoms. The summed E-state index contributed by atoms with van der Waals surface area (Å²) in [6.45, 7) is 3.88. The molecule has 0 saturated carbocycles. The third-order valence-corrected chi connectivity index (χ3v) is 2.75. The average Bonchev–Trinajstić information content (AvgIpc) is 2.42. The fourth-order valence-corrected chi connectivity index (χ4v) is 1.74. The summed E-state index contributed by atoms with van der Waals surface area (Å²) in [7, 11) is 1.64. The maximum absolute atomic E-state index is 5.75. The van der Waals surface area contributed by atoms with Gasteiger partial charge in [-0.05, 0) is 42.8 Å². The lowest BCUT2D eigenvalue weighted by atomic mass is 10.2. The minimum Gasteiger partial charge on any atom is -0.497 e. The molecule has 3 nitrogen and oxygen atoms in total. The molecule has 0 radical (unpaired) electrons. The second kappa shape index (κ2) is 6.14. The Labute approximate surface area is 113 Å². The van der Waals surface area contributed by atoms with Crippen LogP contribution in [-0.2, 0) is 0 Å². The first-order chi connectivity index (χ1) is 9.19. The van der Waals surface area contributed by atoms with Crippen molar-refractivity contribution in [2.75, 3.05) is 7.11 Å². The molecular formula is C16H18O3. The summed E-state index contributed by atoms with van der Waals surface area (Å²) in [4.78, 5) is 0. The highest BCUT2D eigenvalue weighted by atomic mass is 16.7. The fourth-order valence-electron chi connectivity index (χ4n) is 1.74. The standard InChI is InChI=1S/C16H18O3/c1-12-6-4-5-7-16(12)19-13(2)18-15-10-8-14(17-3)9-11-15/h4-11,13H,1-3H3. The first-order valence-electron chi connectivity index (χ1n) is 6.22. The van der Waals surface area contributed by atoms with Crippen molar-refractivity contribution in [2.45, 2.75) is 20.1 Å². The number of benzene rings is 2. The Hall–Kier alpha value is -2.16. The molecule has 0 amide bonds. The van der Waals surface area contributed by atoms with Gasteiger partial charge in [0, 0.05) is 6.92 Å². The second-order valence-corrected chi connectivity index (χ2v) is 4.24. The van der Waals surface area contributed by atoms with Crippen LogP contribution in [-0.4, -0.2) is 13.4 Å². The van der Waals surface area contributed by atoms with E-state index in [1.807, 2.05) is 62.4 Å². The van der Waals surface area contributed by atoms with Gasteiger partial charge < -0.3 is 14.2 Å². The monoisotopic (exact) mass is 258 g/mol. The van der Waals surface area contributed by atoms with Crippen molar-refractivity contribution in [2.24, 2.45) is 0 Å². The van der Waals surface area contributed by atoms with Gasteiger partial charge >= 0.3 is 0 Å². The normalized spacial score (nSPS) is 11.7. The largest absolute Gasteiger partial charge is 0.497 e. The molecule has 0 fully saturated rings. The summed E-state index contributed by atoms with van der Waals surface area (Å²) in [6, 6.07) is 15.3. The highest BCUT2D eigenvalue weighted by Crippen LogP contribution is 2.21. The molecule has 0 N–H and O–H groups in total. The van der Waals surface area contributed by atoms with Crippen molar-refractivity contribution in [3.63, 3.8) is 0 Å². The van der Waals surface area contributed by atoms with E-state index in [9.17, 15) is 0 Å². The van der Waals surface area contributed by atoms with Crippen LogP contribution in [0, 0.1) is 6.92 Å². The molecule has 2 rings (SSSR count). The lowest BCUT2D eigenvalue weighted by molar-refractivity contribution is 0.0217. The average molecular weight is 258 g/mol. The first kappa shape index (κ1) is 13.3. The molecule has 2 aromatic rings. The summed E-state index contributed by atoms with van der Waals surface area (Å²) in [5.41, 5.74) is 1.09. The zero-order valence-electron chi connectivity index (χ0n) is 11.4. The minimum absolute atomic E-state index is 0.352. The number of rotatable bonds is 5. The molecule has 3 heteroatoms. The topological polar surface area (TPSA) is 27.7 Å². The molecule has 0 aromatic heterocycles. The van der Waals surface area contributed by atoms with Gasteiger partial charge in [0.1, 0.15) is 17.2 Å². The third-order valence-electron chi connectivity index (χ3n) is 2.75. The molecule has 0 aliphatic carbocycles. The van der Waals surface area contributed by atoms with E-state index in [0.29, 0.717) is 0 Å². The third kappa shape index (κ3) is 3.65. The molecule has 0 aliphatic heterocycles. The van der Waals surface area contributed by atoms with Crippen LogP contribution in [0.25, 0.3) is 0 Å². The fraction of sp³-hybridized carbons (Fsp3) is 0.250. The van der Waals surface area contributed by atoms with Crippen LogP contribution in [0.4, 0.5) is 0 Å². The maximum atomic E-state index is 5.75. The van der Waals surface area contributed by atoms with Crippen LogP contribution in [0.2, 0.25) is 0 Å². The Kier molecular flexibility index (Phi) is 4.29. The van der Waals surface area contributed by atoms with Gasteiger partial charge in [-0.3, -0.25) is 0 Å². The van der Waals surface area contributed by atoms with Crippen LogP contribution < -0.4 is 14.2 Å². The molecule has 19 heavy (non-hydrogen) atoms. The van der Waals surface area contributed by atoms with E-state index in [-0.39, 0.29) is 6.29 Å². The minimum atomic E-state index is -0.352. The van der Waals surface area contributed by atoms with Crippen molar-refractivity contribution in [1.29, 1.82) is 0 Å². The van der Waals surface area contributed by atoms with Crippen molar-refractivity contribution in [3.8, 4) is 17.2 Å². The van der Waals surface area contributed by atoms with Crippen molar-refractivity contribution < 1.29 is 14.2 Å². The molecule has 1 unspecified atom stereocenters. The highest BCUT2D eigenvalue weighted by Gasteiger charge is 2.07. The van der Waals surface area contributed by atoms with Gasteiger partial charge in [-0.15, -0.1) is 0 Å². The van der Waals surface area contributed by atoms with E-state index < -0.39 is 0 Å². The molecule has 0 spiro atoms. The number of methoxy groups -OCH3 is 1. The van der Waals surface area contributed by atoms with E-state index >= 15 is 0 Å². The van der Waals surface area contributed by atoms with Crippen LogP contribution in [0.3, 0.4) is 0 Å². The lowest BCUT2D eigenvalue weighted by Gasteiger charge is -2.18. The molecule has 0 heterocycles. The first-order valence-corrected chi connectivity index (χ1v) is 6.22. The van der Waals surface area contributed by atoms with Crippen LogP contribution in [0.5, 0.6) is 17.2 Å². The smallest absolute Gasteiger partial charge is 0.238 e. The Morgan fingerprint density at radius 2 is 1.47 bits per heavy atom. The zero-order valence-corrected chi connectivity index (χ0v) is 11.4. The van der Waals surface area contributed by atoms with Crippen LogP contribution in [0.1, 0.15) is 12.5 Å². The van der Waals surface area contributed by atoms with Gasteiger partial charge in [-0.25, -0.2) is 0 Å². The van der Waals surface area contributed by atoms with Crippen molar-refractivity contribution >= 4 is 0 Å². The van der Waals surface area contributed by atoms with Crippen LogP contribution in [0.15, 0.2) is 48.5 Å². The van der Waals surface area contributed by atoms with Gasteiger partial charge in [0.25, 0.3) is 0 Å². The Morgan fingerprint density at radius 3 is 2.11 bits per heavy atom. The summed E-state index contributed by atoms with van der Waals surface area (Å²) in [6.07, 6.45) is -0.352.